The second-order valence-electron chi connectivity index (χ2n) is 11.2. The van der Waals surface area contributed by atoms with Gasteiger partial charge in [-0.1, -0.05) is 102 Å². The molecule has 1 unspecified atom stereocenters. The van der Waals surface area contributed by atoms with Crippen molar-refractivity contribution in [3.8, 4) is 0 Å². The van der Waals surface area contributed by atoms with Gasteiger partial charge in [-0.15, -0.1) is 0 Å². The van der Waals surface area contributed by atoms with E-state index >= 15 is 0 Å². The van der Waals surface area contributed by atoms with Gasteiger partial charge in [-0.2, -0.15) is 0 Å². The molecule has 0 spiro atoms. The number of ether oxygens (including phenoxy) is 2. The number of carboxylic acids is 1. The second kappa shape index (κ2) is 21.0. The van der Waals surface area contributed by atoms with Gasteiger partial charge in [-0.25, -0.2) is 9.59 Å². The van der Waals surface area contributed by atoms with Crippen LogP contribution in [0.15, 0.2) is 114 Å². The van der Waals surface area contributed by atoms with Gasteiger partial charge in [-0.3, -0.25) is 14.6 Å². The molecular weight excluding hydrogens is 622 g/mol. The molecule has 0 radical (unpaired) electrons. The highest BCUT2D eigenvalue weighted by Gasteiger charge is 2.20. The van der Waals surface area contributed by atoms with Crippen molar-refractivity contribution in [3.63, 3.8) is 0 Å². The Kier molecular flexibility index (Phi) is 16.5. The molecule has 10 heteroatoms. The summed E-state index contributed by atoms with van der Waals surface area (Å²) in [5.74, 6) is -1.52. The summed E-state index contributed by atoms with van der Waals surface area (Å²) >= 11 is 0. The van der Waals surface area contributed by atoms with Gasteiger partial charge in [0.1, 0.15) is 12.3 Å². The van der Waals surface area contributed by atoms with Crippen LogP contribution in [0, 0.1) is 0 Å². The van der Waals surface area contributed by atoms with Crippen molar-refractivity contribution < 1.29 is 33.8 Å². The van der Waals surface area contributed by atoms with Gasteiger partial charge in [0.2, 0.25) is 0 Å². The van der Waals surface area contributed by atoms with Gasteiger partial charge < -0.3 is 19.4 Å². The average Bonchev–Trinajstić information content (AvgIpc) is 3.12. The number of nitrogens with zero attached hydrogens (tertiary/aromatic N) is 3. The summed E-state index contributed by atoms with van der Waals surface area (Å²) in [6, 6.07) is 29.3. The van der Waals surface area contributed by atoms with E-state index in [-0.39, 0.29) is 24.5 Å². The molecule has 0 saturated carbocycles. The molecule has 0 aliphatic carbocycles. The van der Waals surface area contributed by atoms with E-state index in [4.69, 9.17) is 19.4 Å². The zero-order chi connectivity index (χ0) is 35.4. The number of rotatable bonds is 15. The molecule has 4 rings (SSSR count). The summed E-state index contributed by atoms with van der Waals surface area (Å²) in [6.45, 7) is 8.67. The van der Waals surface area contributed by atoms with E-state index in [1.165, 1.54) is 6.08 Å². The Morgan fingerprint density at radius 3 is 1.96 bits per heavy atom. The highest BCUT2D eigenvalue weighted by Crippen LogP contribution is 2.22. The lowest BCUT2D eigenvalue weighted by Crippen LogP contribution is -2.35. The van der Waals surface area contributed by atoms with E-state index < -0.39 is 5.97 Å². The minimum atomic E-state index is -0.843. The zero-order valence-corrected chi connectivity index (χ0v) is 28.8. The third-order valence-electron chi connectivity index (χ3n) is 7.72. The van der Waals surface area contributed by atoms with E-state index in [1.807, 2.05) is 110 Å². The van der Waals surface area contributed by atoms with Crippen LogP contribution in [-0.2, 0) is 28.7 Å². The summed E-state index contributed by atoms with van der Waals surface area (Å²) < 4.78 is 9.99. The van der Waals surface area contributed by atoms with Gasteiger partial charge in [0, 0.05) is 48.5 Å². The van der Waals surface area contributed by atoms with E-state index in [1.54, 1.807) is 19.9 Å². The highest BCUT2D eigenvalue weighted by molar-refractivity contribution is 6.12. The molecule has 0 fully saturated rings. The van der Waals surface area contributed by atoms with Crippen LogP contribution in [0.3, 0.4) is 0 Å². The average molecular weight is 670 g/mol. The maximum absolute atomic E-state index is 11.9. The minimum Gasteiger partial charge on any atom is -0.478 e. The largest absolute Gasteiger partial charge is 0.478 e. The lowest BCUT2D eigenvalue weighted by molar-refractivity contribution is -0.144. The third-order valence-corrected chi connectivity index (χ3v) is 7.72. The monoisotopic (exact) mass is 669 g/mol. The number of likely N-dealkylation sites (N-methyl/N-ethyl adjacent to an activating group) is 1. The molecule has 1 atom stereocenters. The summed E-state index contributed by atoms with van der Waals surface area (Å²) in [5.41, 5.74) is 4.95. The number of esters is 2. The van der Waals surface area contributed by atoms with E-state index in [9.17, 15) is 14.4 Å². The molecule has 260 valence electrons. The Morgan fingerprint density at radius 1 is 0.878 bits per heavy atom. The van der Waals surface area contributed by atoms with Crippen LogP contribution >= 0.6 is 0 Å². The first-order valence-corrected chi connectivity index (χ1v) is 16.5. The van der Waals surface area contributed by atoms with Gasteiger partial charge in [-0.05, 0) is 45.4 Å². The lowest BCUT2D eigenvalue weighted by atomic mass is 9.98. The molecule has 49 heavy (non-hydrogen) atoms. The van der Waals surface area contributed by atoms with Crippen molar-refractivity contribution in [1.29, 1.82) is 0 Å². The molecule has 1 heterocycles. The van der Waals surface area contributed by atoms with E-state index in [0.717, 1.165) is 40.9 Å². The van der Waals surface area contributed by atoms with E-state index in [0.29, 0.717) is 38.5 Å². The van der Waals surface area contributed by atoms with Crippen LogP contribution in [0.5, 0.6) is 0 Å². The van der Waals surface area contributed by atoms with Crippen LogP contribution in [0.1, 0.15) is 43.9 Å². The molecule has 1 aliphatic heterocycles. The number of carboxylic acid groups (broad SMARTS) is 1. The second-order valence-corrected chi connectivity index (χ2v) is 11.2. The predicted octanol–water partition coefficient (Wildman–Crippen LogP) is 5.69. The summed E-state index contributed by atoms with van der Waals surface area (Å²) in [4.78, 5) is 44.1. The molecule has 3 aromatic rings. The first-order chi connectivity index (χ1) is 23.7. The molecule has 0 saturated heterocycles. The minimum absolute atomic E-state index is 0.147. The van der Waals surface area contributed by atoms with Crippen LogP contribution in [-0.4, -0.2) is 97.6 Å². The fourth-order valence-electron chi connectivity index (χ4n) is 5.07. The van der Waals surface area contributed by atoms with Crippen molar-refractivity contribution >= 4 is 29.2 Å². The number of hydrogen-bond donors (Lipinski definition) is 1. The molecule has 10 nitrogen and oxygen atoms in total. The number of carbonyl (C=O) groups excluding carboxylic acids is 2. The SMILES string of the molecule is CCOC(=O)/C=C(/c1ccccc1)C(C)N(C)CC(=O)OCC.O=C(O)C1=CCCN(CCON=C(c2ccccc2)c2ccccc2)C1. The predicted molar refractivity (Wildman–Crippen MR) is 191 cm³/mol. The lowest BCUT2D eigenvalue weighted by Gasteiger charge is -2.26. The highest BCUT2D eigenvalue weighted by atomic mass is 16.6. The fourth-order valence-corrected chi connectivity index (χ4v) is 5.07. The maximum Gasteiger partial charge on any atom is 0.332 e. The molecule has 3 aromatic carbocycles. The van der Waals surface area contributed by atoms with Gasteiger partial charge in [0.05, 0.1) is 19.8 Å². The van der Waals surface area contributed by atoms with Crippen molar-refractivity contribution in [2.24, 2.45) is 5.16 Å². The molecule has 0 bridgehead atoms. The quantitative estimate of drug-likeness (QED) is 0.0716. The number of carbonyl (C=O) groups is 3. The van der Waals surface area contributed by atoms with Crippen molar-refractivity contribution in [2.45, 2.75) is 33.2 Å². The van der Waals surface area contributed by atoms with Crippen LogP contribution in [0.25, 0.3) is 5.57 Å². The van der Waals surface area contributed by atoms with Crippen molar-refractivity contribution in [3.05, 3.63) is 125 Å². The number of oxime groups is 1. The van der Waals surface area contributed by atoms with Crippen LogP contribution in [0.2, 0.25) is 0 Å². The summed E-state index contributed by atoms with van der Waals surface area (Å²) in [6.07, 6.45) is 4.04. The molecule has 1 N–H and O–H groups in total. The normalized spacial score (nSPS) is 13.7. The Morgan fingerprint density at radius 2 is 1.43 bits per heavy atom. The Labute approximate surface area is 289 Å². The van der Waals surface area contributed by atoms with Gasteiger partial charge in [0.25, 0.3) is 0 Å². The fraction of sp³-hybridized carbons (Fsp3) is 0.333. The third kappa shape index (κ3) is 13.2. The molecular formula is C39H47N3O7. The standard InChI is InChI=1S/C21H22N2O3.C18H25NO4/c24-21(25)19-12-7-13-23(16-19)14-15-26-22-20(17-8-3-1-4-9-17)18-10-5-2-6-11-18;1-5-22-17(20)12-16(15-10-8-7-9-11-15)14(3)19(4)13-18(21)23-6-2/h1-6,8-12H,7,13-16H2,(H,24,25);7-12,14H,5-6,13H2,1-4H3/b;16-12+. The van der Waals surface area contributed by atoms with Crippen molar-refractivity contribution in [2.75, 3.05) is 53.0 Å². The molecule has 1 aliphatic rings. The first-order valence-electron chi connectivity index (χ1n) is 16.5. The van der Waals surface area contributed by atoms with Gasteiger partial charge in [0.15, 0.2) is 0 Å². The van der Waals surface area contributed by atoms with E-state index in [2.05, 4.69) is 10.1 Å². The first kappa shape index (κ1) is 38.4. The Bertz CT molecular complexity index is 1520. The Balaban J connectivity index is 0.000000268. The zero-order valence-electron chi connectivity index (χ0n) is 28.8. The van der Waals surface area contributed by atoms with Gasteiger partial charge >= 0.3 is 17.9 Å². The van der Waals surface area contributed by atoms with Crippen molar-refractivity contribution in [1.82, 2.24) is 9.80 Å². The Hall–Kier alpha value is -5.06. The summed E-state index contributed by atoms with van der Waals surface area (Å²) in [7, 11) is 1.82. The van der Waals surface area contributed by atoms with Crippen LogP contribution in [0.4, 0.5) is 0 Å². The number of benzene rings is 3. The maximum atomic E-state index is 11.9. The summed E-state index contributed by atoms with van der Waals surface area (Å²) in [5, 5.41) is 13.5. The smallest absolute Gasteiger partial charge is 0.332 e. The number of hydrogen-bond acceptors (Lipinski definition) is 9. The van der Waals surface area contributed by atoms with Crippen LogP contribution < -0.4 is 0 Å². The molecule has 0 aromatic heterocycles. The molecule has 0 amide bonds. The topological polar surface area (TPSA) is 118 Å². The number of aliphatic carboxylic acids is 1.